The maximum atomic E-state index is 13.8. The van der Waals surface area contributed by atoms with Crippen molar-refractivity contribution in [3.8, 4) is 5.75 Å². The molecular weight excluding hydrogens is 399 g/mol. The SMILES string of the molecule is COc1ccc(COn2nnc3ccc(S(=O)(=O)N4CCCCC4)cc32)cc1F. The van der Waals surface area contributed by atoms with Crippen molar-refractivity contribution in [3.63, 3.8) is 0 Å². The van der Waals surface area contributed by atoms with Gasteiger partial charge in [0.25, 0.3) is 0 Å². The van der Waals surface area contributed by atoms with E-state index in [1.807, 2.05) is 0 Å². The van der Waals surface area contributed by atoms with Crippen LogP contribution in [0.3, 0.4) is 0 Å². The van der Waals surface area contributed by atoms with Crippen LogP contribution in [0.2, 0.25) is 0 Å². The van der Waals surface area contributed by atoms with Gasteiger partial charge in [-0.1, -0.05) is 17.3 Å². The molecule has 154 valence electrons. The van der Waals surface area contributed by atoms with Crippen LogP contribution in [0.5, 0.6) is 5.75 Å². The minimum atomic E-state index is -3.58. The molecule has 29 heavy (non-hydrogen) atoms. The third-order valence-corrected chi connectivity index (χ3v) is 6.80. The molecule has 0 N–H and O–H groups in total. The van der Waals surface area contributed by atoms with Crippen LogP contribution in [-0.4, -0.2) is 48.1 Å². The molecule has 0 aliphatic carbocycles. The van der Waals surface area contributed by atoms with Crippen LogP contribution in [0.4, 0.5) is 4.39 Å². The summed E-state index contributed by atoms with van der Waals surface area (Å²) in [5, 5.41) is 7.92. The molecule has 0 spiro atoms. The van der Waals surface area contributed by atoms with E-state index in [2.05, 4.69) is 10.3 Å². The fourth-order valence-electron chi connectivity index (χ4n) is 3.32. The van der Waals surface area contributed by atoms with E-state index >= 15 is 0 Å². The van der Waals surface area contributed by atoms with Crippen molar-refractivity contribution in [2.75, 3.05) is 20.2 Å². The number of nitrogens with zero attached hydrogens (tertiary/aromatic N) is 4. The molecule has 0 saturated carbocycles. The minimum Gasteiger partial charge on any atom is -0.494 e. The van der Waals surface area contributed by atoms with Crippen LogP contribution in [0, 0.1) is 5.82 Å². The van der Waals surface area contributed by atoms with Crippen LogP contribution < -0.4 is 9.57 Å². The maximum Gasteiger partial charge on any atom is 0.243 e. The van der Waals surface area contributed by atoms with Gasteiger partial charge >= 0.3 is 0 Å². The van der Waals surface area contributed by atoms with Gasteiger partial charge in [0.2, 0.25) is 10.0 Å². The van der Waals surface area contributed by atoms with Crippen LogP contribution in [0.15, 0.2) is 41.3 Å². The topological polar surface area (TPSA) is 86.5 Å². The minimum absolute atomic E-state index is 0.0302. The molecule has 0 atom stereocenters. The van der Waals surface area contributed by atoms with E-state index < -0.39 is 15.8 Å². The zero-order chi connectivity index (χ0) is 20.4. The quantitative estimate of drug-likeness (QED) is 0.609. The number of piperidine rings is 1. The molecule has 0 unspecified atom stereocenters. The van der Waals surface area contributed by atoms with Gasteiger partial charge in [-0.3, -0.25) is 0 Å². The molecule has 3 aromatic rings. The van der Waals surface area contributed by atoms with Crippen molar-refractivity contribution >= 4 is 21.1 Å². The average Bonchev–Trinajstić information content (AvgIpc) is 3.15. The third kappa shape index (κ3) is 3.90. The zero-order valence-electron chi connectivity index (χ0n) is 15.9. The van der Waals surface area contributed by atoms with Crippen LogP contribution in [-0.2, 0) is 16.6 Å². The van der Waals surface area contributed by atoms with Gasteiger partial charge < -0.3 is 9.57 Å². The predicted octanol–water partition coefficient (Wildman–Crippen LogP) is 2.38. The smallest absolute Gasteiger partial charge is 0.243 e. The second-order valence-corrected chi connectivity index (χ2v) is 8.76. The highest BCUT2D eigenvalue weighted by Crippen LogP contribution is 2.23. The van der Waals surface area contributed by atoms with Crippen LogP contribution in [0.1, 0.15) is 24.8 Å². The predicted molar refractivity (Wildman–Crippen MR) is 103 cm³/mol. The summed E-state index contributed by atoms with van der Waals surface area (Å²) >= 11 is 0. The number of hydrogen-bond donors (Lipinski definition) is 0. The number of benzene rings is 2. The van der Waals surface area contributed by atoms with Crippen molar-refractivity contribution in [2.24, 2.45) is 0 Å². The van der Waals surface area contributed by atoms with Crippen LogP contribution >= 0.6 is 0 Å². The van der Waals surface area contributed by atoms with Crippen molar-refractivity contribution in [3.05, 3.63) is 47.8 Å². The second kappa shape index (κ2) is 7.96. The third-order valence-electron chi connectivity index (χ3n) is 4.91. The second-order valence-electron chi connectivity index (χ2n) is 6.82. The summed E-state index contributed by atoms with van der Waals surface area (Å²) in [6.07, 6.45) is 2.77. The molecule has 1 aliphatic rings. The fourth-order valence-corrected chi connectivity index (χ4v) is 4.86. The molecule has 10 heteroatoms. The molecule has 0 bridgehead atoms. The molecular formula is C19H21FN4O4S. The summed E-state index contributed by atoms with van der Waals surface area (Å²) in [5.74, 6) is -0.348. The fraction of sp³-hybridized carbons (Fsp3) is 0.368. The summed E-state index contributed by atoms with van der Waals surface area (Å²) in [6.45, 7) is 1.08. The number of sulfonamides is 1. The Kier molecular flexibility index (Phi) is 5.37. The lowest BCUT2D eigenvalue weighted by atomic mass is 10.2. The van der Waals surface area contributed by atoms with Gasteiger partial charge in [-0.2, -0.15) is 4.31 Å². The van der Waals surface area contributed by atoms with Gasteiger partial charge in [0.05, 0.1) is 12.0 Å². The molecule has 1 fully saturated rings. The molecule has 8 nitrogen and oxygen atoms in total. The molecule has 0 radical (unpaired) electrons. The summed E-state index contributed by atoms with van der Waals surface area (Å²) < 4.78 is 46.1. The Hall–Kier alpha value is -2.72. The molecule has 1 aliphatic heterocycles. The Morgan fingerprint density at radius 3 is 2.62 bits per heavy atom. The zero-order valence-corrected chi connectivity index (χ0v) is 16.7. The Balaban J connectivity index is 1.58. The van der Waals surface area contributed by atoms with Gasteiger partial charge in [-0.15, -0.1) is 5.10 Å². The van der Waals surface area contributed by atoms with Gasteiger partial charge in [0.15, 0.2) is 11.6 Å². The highest BCUT2D eigenvalue weighted by Gasteiger charge is 2.26. The number of ether oxygens (including phenoxy) is 1. The monoisotopic (exact) mass is 420 g/mol. The normalized spacial score (nSPS) is 15.5. The summed E-state index contributed by atoms with van der Waals surface area (Å²) in [6, 6.07) is 9.14. The number of aromatic nitrogens is 3. The molecule has 0 amide bonds. The van der Waals surface area contributed by atoms with Crippen molar-refractivity contribution in [1.82, 2.24) is 19.5 Å². The van der Waals surface area contributed by atoms with E-state index in [1.54, 1.807) is 12.1 Å². The molecule has 1 aromatic heterocycles. The largest absolute Gasteiger partial charge is 0.494 e. The first-order chi connectivity index (χ1) is 14.0. The first-order valence-corrected chi connectivity index (χ1v) is 10.7. The van der Waals surface area contributed by atoms with Crippen molar-refractivity contribution in [1.29, 1.82) is 0 Å². The van der Waals surface area contributed by atoms with Gasteiger partial charge in [0, 0.05) is 13.1 Å². The molecule has 1 saturated heterocycles. The Morgan fingerprint density at radius 2 is 1.90 bits per heavy atom. The first-order valence-electron chi connectivity index (χ1n) is 9.30. The lowest BCUT2D eigenvalue weighted by Crippen LogP contribution is -2.35. The van der Waals surface area contributed by atoms with Crippen molar-refractivity contribution < 1.29 is 22.4 Å². The van der Waals surface area contributed by atoms with Gasteiger partial charge in [-0.25, -0.2) is 12.8 Å². The Labute approximate surface area is 167 Å². The highest BCUT2D eigenvalue weighted by molar-refractivity contribution is 7.89. The standard InChI is InChI=1S/C19H21FN4O4S/c1-27-19-8-5-14(11-16(19)20)13-28-24-18-12-15(6-7-17(18)21-22-24)29(25,26)23-9-3-2-4-10-23/h5-8,11-12H,2-4,9-10,13H2,1H3. The lowest BCUT2D eigenvalue weighted by molar-refractivity contribution is 0.0749. The van der Waals surface area contributed by atoms with E-state index in [0.717, 1.165) is 24.1 Å². The number of halogens is 1. The number of hydrogen-bond acceptors (Lipinski definition) is 6. The van der Waals surface area contributed by atoms with E-state index in [4.69, 9.17) is 9.57 Å². The van der Waals surface area contributed by atoms with Crippen LogP contribution in [0.25, 0.3) is 11.0 Å². The van der Waals surface area contributed by atoms with Crippen molar-refractivity contribution in [2.45, 2.75) is 30.8 Å². The molecule has 2 heterocycles. The van der Waals surface area contributed by atoms with Gasteiger partial charge in [0.1, 0.15) is 17.6 Å². The number of fused-ring (bicyclic) bond motifs is 1. The lowest BCUT2D eigenvalue weighted by Gasteiger charge is -2.25. The first kappa shape index (κ1) is 19.6. The summed E-state index contributed by atoms with van der Waals surface area (Å²) in [4.78, 5) is 6.95. The van der Waals surface area contributed by atoms with Gasteiger partial charge in [-0.05, 0) is 54.0 Å². The maximum absolute atomic E-state index is 13.8. The Morgan fingerprint density at radius 1 is 1.10 bits per heavy atom. The molecule has 2 aromatic carbocycles. The average molecular weight is 420 g/mol. The van der Waals surface area contributed by atoms with E-state index in [9.17, 15) is 12.8 Å². The Bertz CT molecular complexity index is 1130. The van der Waals surface area contributed by atoms with E-state index in [0.29, 0.717) is 29.7 Å². The van der Waals surface area contributed by atoms with E-state index in [1.165, 1.54) is 35.7 Å². The summed E-state index contributed by atoms with van der Waals surface area (Å²) in [7, 11) is -2.19. The summed E-state index contributed by atoms with van der Waals surface area (Å²) in [5.41, 5.74) is 1.50. The highest BCUT2D eigenvalue weighted by atomic mass is 32.2. The van der Waals surface area contributed by atoms with E-state index in [-0.39, 0.29) is 17.3 Å². The molecule has 4 rings (SSSR count). The number of methoxy groups -OCH3 is 1. The number of rotatable bonds is 6.